The Hall–Kier alpha value is -1.46. The van der Waals surface area contributed by atoms with E-state index < -0.39 is 0 Å². The van der Waals surface area contributed by atoms with Crippen molar-refractivity contribution in [3.05, 3.63) is 46.9 Å². The van der Waals surface area contributed by atoms with E-state index in [0.717, 1.165) is 23.7 Å². The lowest BCUT2D eigenvalue weighted by Crippen LogP contribution is -2.73. The fraction of sp³-hybridized carbons (Fsp3) is 0.286. The van der Waals surface area contributed by atoms with E-state index in [1.807, 2.05) is 43.6 Å². The summed E-state index contributed by atoms with van der Waals surface area (Å²) in [6.45, 7) is 2.00. The first-order valence-electron chi connectivity index (χ1n) is 6.23. The van der Waals surface area contributed by atoms with E-state index in [-0.39, 0.29) is 6.10 Å². The molecule has 1 aromatic heterocycles. The molecule has 1 aliphatic rings. The van der Waals surface area contributed by atoms with Gasteiger partial charge in [0.25, 0.3) is 5.82 Å². The number of halogens is 1. The standard InChI is InChI=1S/C14H16BrN3O/c1-10-7-5-3-4-6-8-11(19-10)13-14(16-2)17-9-12(15)18-13/h3-5,7-10H,6H2,1-2H3,(H,16,17)/p+1. The van der Waals surface area contributed by atoms with Crippen molar-refractivity contribution in [3.8, 4) is 0 Å². The zero-order valence-corrected chi connectivity index (χ0v) is 12.6. The minimum Gasteiger partial charge on any atom is -0.484 e. The predicted molar refractivity (Wildman–Crippen MR) is 78.7 cm³/mol. The summed E-state index contributed by atoms with van der Waals surface area (Å²) in [7, 11) is 1.94. The van der Waals surface area contributed by atoms with E-state index in [4.69, 9.17) is 4.74 Å². The van der Waals surface area contributed by atoms with Gasteiger partial charge in [0.15, 0.2) is 5.69 Å². The van der Waals surface area contributed by atoms with Crippen LogP contribution in [0.25, 0.3) is 5.76 Å². The molecule has 0 bridgehead atoms. The van der Waals surface area contributed by atoms with Crippen molar-refractivity contribution < 1.29 is 10.1 Å². The first kappa shape index (κ1) is 14.0. The number of nitrogens with two attached hydrogens (primary N) is 1. The quantitative estimate of drug-likeness (QED) is 0.909. The number of hydrogen-bond acceptors (Lipinski definition) is 3. The highest BCUT2D eigenvalue weighted by atomic mass is 79.9. The van der Waals surface area contributed by atoms with E-state index in [0.29, 0.717) is 4.60 Å². The molecule has 2 heterocycles. The lowest BCUT2D eigenvalue weighted by molar-refractivity contribution is -0.543. The average Bonchev–Trinajstić information content (AvgIpc) is 2.50. The van der Waals surface area contributed by atoms with Crippen LogP contribution in [0.5, 0.6) is 0 Å². The number of aromatic nitrogens is 2. The highest BCUT2D eigenvalue weighted by Crippen LogP contribution is 2.23. The summed E-state index contributed by atoms with van der Waals surface area (Å²) < 4.78 is 6.65. The van der Waals surface area contributed by atoms with Gasteiger partial charge in [-0.2, -0.15) is 0 Å². The van der Waals surface area contributed by atoms with Crippen molar-refractivity contribution in [1.82, 2.24) is 9.97 Å². The van der Waals surface area contributed by atoms with E-state index in [1.54, 1.807) is 6.20 Å². The van der Waals surface area contributed by atoms with Crippen LogP contribution in [0.4, 0.5) is 5.82 Å². The number of quaternary nitrogens is 1. The van der Waals surface area contributed by atoms with Crippen LogP contribution >= 0.6 is 15.9 Å². The van der Waals surface area contributed by atoms with Gasteiger partial charge in [0, 0.05) is 0 Å². The van der Waals surface area contributed by atoms with E-state index in [9.17, 15) is 0 Å². The Morgan fingerprint density at radius 1 is 1.42 bits per heavy atom. The summed E-state index contributed by atoms with van der Waals surface area (Å²) in [5.74, 6) is 1.60. The summed E-state index contributed by atoms with van der Waals surface area (Å²) in [4.78, 5) is 8.84. The maximum Gasteiger partial charge on any atom is 0.254 e. The molecule has 0 radical (unpaired) electrons. The molecular weight excluding hydrogens is 306 g/mol. The Morgan fingerprint density at radius 3 is 3.05 bits per heavy atom. The highest BCUT2D eigenvalue weighted by molar-refractivity contribution is 9.10. The van der Waals surface area contributed by atoms with Crippen LogP contribution in [0, 0.1) is 0 Å². The van der Waals surface area contributed by atoms with E-state index >= 15 is 0 Å². The number of allylic oxidation sites excluding steroid dienone is 4. The zero-order chi connectivity index (χ0) is 13.7. The van der Waals surface area contributed by atoms with Gasteiger partial charge in [-0.15, -0.1) is 0 Å². The summed E-state index contributed by atoms with van der Waals surface area (Å²) in [6, 6.07) is 0. The third-order valence-electron chi connectivity index (χ3n) is 2.66. The van der Waals surface area contributed by atoms with Crippen molar-refractivity contribution in [1.29, 1.82) is 0 Å². The molecule has 0 amide bonds. The molecule has 1 unspecified atom stereocenters. The number of ether oxygens (including phenoxy) is 1. The number of rotatable bonds is 2. The van der Waals surface area contributed by atoms with Crippen LogP contribution in [-0.4, -0.2) is 23.1 Å². The lowest BCUT2D eigenvalue weighted by atomic mass is 10.2. The maximum atomic E-state index is 5.95. The van der Waals surface area contributed by atoms with Gasteiger partial charge in [0.1, 0.15) is 16.5 Å². The molecule has 0 saturated heterocycles. The fourth-order valence-corrected chi connectivity index (χ4v) is 2.04. The largest absolute Gasteiger partial charge is 0.484 e. The van der Waals surface area contributed by atoms with Crippen molar-refractivity contribution in [2.75, 3.05) is 7.05 Å². The van der Waals surface area contributed by atoms with Gasteiger partial charge in [0.05, 0.1) is 13.2 Å². The topological polar surface area (TPSA) is 51.6 Å². The molecule has 4 nitrogen and oxygen atoms in total. The molecule has 1 aromatic rings. The Balaban J connectivity index is 2.40. The van der Waals surface area contributed by atoms with Gasteiger partial charge < -0.3 is 4.74 Å². The maximum absolute atomic E-state index is 5.95. The molecule has 2 rings (SSSR count). The molecule has 0 fully saturated rings. The van der Waals surface area contributed by atoms with Crippen molar-refractivity contribution in [2.45, 2.75) is 19.4 Å². The van der Waals surface area contributed by atoms with Crippen LogP contribution in [0.15, 0.2) is 41.2 Å². The summed E-state index contributed by atoms with van der Waals surface area (Å²) >= 11 is 3.36. The molecular formula is C14H17BrN3O+. The molecule has 100 valence electrons. The Labute approximate surface area is 121 Å². The Bertz CT molecular complexity index is 537. The molecule has 0 spiro atoms. The molecule has 0 saturated carbocycles. The van der Waals surface area contributed by atoms with Crippen molar-refractivity contribution in [3.63, 3.8) is 0 Å². The van der Waals surface area contributed by atoms with Crippen LogP contribution in [0.3, 0.4) is 0 Å². The van der Waals surface area contributed by atoms with Gasteiger partial charge in [-0.25, -0.2) is 9.97 Å². The third-order valence-corrected chi connectivity index (χ3v) is 3.04. The second-order valence-electron chi connectivity index (χ2n) is 4.16. The smallest absolute Gasteiger partial charge is 0.254 e. The van der Waals surface area contributed by atoms with Crippen LogP contribution in [-0.2, 0) is 4.74 Å². The second-order valence-corrected chi connectivity index (χ2v) is 4.97. The number of hydrogen-bond donors (Lipinski definition) is 1. The molecule has 19 heavy (non-hydrogen) atoms. The minimum absolute atomic E-state index is 0.000474. The van der Waals surface area contributed by atoms with Gasteiger partial charge >= 0.3 is 0 Å². The first-order valence-corrected chi connectivity index (χ1v) is 7.02. The summed E-state index contributed by atoms with van der Waals surface area (Å²) in [5.41, 5.74) is 0.771. The van der Waals surface area contributed by atoms with Crippen molar-refractivity contribution in [2.24, 2.45) is 0 Å². The predicted octanol–water partition coefficient (Wildman–Crippen LogP) is 2.33. The molecule has 5 heteroatoms. The van der Waals surface area contributed by atoms with E-state index in [1.165, 1.54) is 0 Å². The first-order chi connectivity index (χ1) is 9.20. The van der Waals surface area contributed by atoms with Gasteiger partial charge in [-0.05, 0) is 41.4 Å². The molecule has 1 aliphatic heterocycles. The summed E-state index contributed by atoms with van der Waals surface area (Å²) in [6.07, 6.45) is 12.7. The van der Waals surface area contributed by atoms with Gasteiger partial charge in [-0.1, -0.05) is 18.2 Å². The van der Waals surface area contributed by atoms with Crippen LogP contribution < -0.4 is 5.32 Å². The summed E-state index contributed by atoms with van der Waals surface area (Å²) in [5, 5.41) is 1.93. The van der Waals surface area contributed by atoms with Crippen LogP contribution in [0.2, 0.25) is 0 Å². The Kier molecular flexibility index (Phi) is 4.87. The normalized spacial score (nSPS) is 19.1. The Morgan fingerprint density at radius 2 is 2.26 bits per heavy atom. The molecule has 2 N–H and O–H groups in total. The zero-order valence-electron chi connectivity index (χ0n) is 11.0. The average molecular weight is 323 g/mol. The number of nitrogens with zero attached hydrogens (tertiary/aromatic N) is 2. The minimum atomic E-state index is -0.000474. The second kappa shape index (κ2) is 6.63. The highest BCUT2D eigenvalue weighted by Gasteiger charge is 2.17. The molecule has 1 atom stereocenters. The SMILES string of the molecule is C[NH2+]c1ncc(Br)nc1C1=CCC=CC=CC(C)O1. The third kappa shape index (κ3) is 3.75. The van der Waals surface area contributed by atoms with Gasteiger partial charge in [0.2, 0.25) is 0 Å². The van der Waals surface area contributed by atoms with Gasteiger partial charge in [-0.3, -0.25) is 5.32 Å². The molecule has 0 aromatic carbocycles. The van der Waals surface area contributed by atoms with Crippen molar-refractivity contribution >= 4 is 27.5 Å². The van der Waals surface area contributed by atoms with Crippen LogP contribution in [0.1, 0.15) is 19.0 Å². The molecule has 0 aliphatic carbocycles. The monoisotopic (exact) mass is 322 g/mol. The van der Waals surface area contributed by atoms with E-state index in [2.05, 4.69) is 32.0 Å². The lowest BCUT2D eigenvalue weighted by Gasteiger charge is -2.14. The fourth-order valence-electron chi connectivity index (χ4n) is 1.76.